The molecule has 2 rings (SSSR count). The third-order valence-corrected chi connectivity index (χ3v) is 4.53. The molecule has 8 heteroatoms. The molecule has 0 bridgehead atoms. The highest BCUT2D eigenvalue weighted by Crippen LogP contribution is 2.40. The van der Waals surface area contributed by atoms with E-state index in [2.05, 4.69) is 4.98 Å². The minimum Gasteiger partial charge on any atom is -0.395 e. The molecular weight excluding hydrogens is 258 g/mol. The molecule has 1 saturated heterocycles. The molecule has 1 aromatic heterocycles. The van der Waals surface area contributed by atoms with Crippen molar-refractivity contribution in [3.8, 4) is 0 Å². The van der Waals surface area contributed by atoms with Crippen LogP contribution in [0.1, 0.15) is 10.9 Å². The summed E-state index contributed by atoms with van der Waals surface area (Å²) in [5.74, 6) is 0.146. The van der Waals surface area contributed by atoms with Gasteiger partial charge in [-0.1, -0.05) is 0 Å². The summed E-state index contributed by atoms with van der Waals surface area (Å²) in [5, 5.41) is 27.5. The van der Waals surface area contributed by atoms with Gasteiger partial charge in [-0.05, 0) is 6.92 Å². The van der Waals surface area contributed by atoms with Gasteiger partial charge in [0.05, 0.1) is 18.0 Å². The van der Waals surface area contributed by atoms with E-state index in [1.54, 1.807) is 6.92 Å². The fraction of sp³-hybridized carbons (Fsp3) is 0.600. The second kappa shape index (κ2) is 4.88. The Hall–Kier alpha value is -1.09. The van der Waals surface area contributed by atoms with E-state index in [-0.39, 0.29) is 12.4 Å². The average molecular weight is 273 g/mol. The fourth-order valence-electron chi connectivity index (χ4n) is 1.87. The monoisotopic (exact) mass is 273 g/mol. The molecule has 0 amide bonds. The predicted octanol–water partition coefficient (Wildman–Crippen LogP) is -1.54. The number of aliphatic hydroxyl groups excluding tert-OH is 3. The van der Waals surface area contributed by atoms with Gasteiger partial charge < -0.3 is 21.1 Å². The highest BCUT2D eigenvalue weighted by molar-refractivity contribution is 8.00. The van der Waals surface area contributed by atoms with E-state index in [9.17, 15) is 15.0 Å². The van der Waals surface area contributed by atoms with Crippen molar-refractivity contribution in [2.24, 2.45) is 0 Å². The van der Waals surface area contributed by atoms with Gasteiger partial charge in [0, 0.05) is 11.8 Å². The van der Waals surface area contributed by atoms with Gasteiger partial charge in [0.15, 0.2) is 0 Å². The number of aliphatic hydroxyl groups is 3. The SMILES string of the molecule is Cc1cn([C@@H]2S[C@H](CO)[C@@H](O)[C@@H]2O)c(=O)nc1N. The van der Waals surface area contributed by atoms with Crippen molar-refractivity contribution in [1.82, 2.24) is 9.55 Å². The second-order valence-corrected chi connectivity index (χ2v) is 5.59. The fourth-order valence-corrected chi connectivity index (χ4v) is 3.24. The van der Waals surface area contributed by atoms with Crippen LogP contribution in [0.15, 0.2) is 11.0 Å². The van der Waals surface area contributed by atoms with Crippen LogP contribution in [0.4, 0.5) is 5.82 Å². The van der Waals surface area contributed by atoms with Crippen molar-refractivity contribution in [1.29, 1.82) is 0 Å². The van der Waals surface area contributed by atoms with Crippen LogP contribution in [0.3, 0.4) is 0 Å². The van der Waals surface area contributed by atoms with Crippen molar-refractivity contribution >= 4 is 17.6 Å². The lowest BCUT2D eigenvalue weighted by Gasteiger charge is -2.18. The molecule has 0 saturated carbocycles. The summed E-state index contributed by atoms with van der Waals surface area (Å²) < 4.78 is 1.24. The molecule has 0 unspecified atom stereocenters. The van der Waals surface area contributed by atoms with Gasteiger partial charge in [0.25, 0.3) is 0 Å². The number of aryl methyl sites for hydroxylation is 1. The van der Waals surface area contributed by atoms with Crippen LogP contribution < -0.4 is 11.4 Å². The average Bonchev–Trinajstić information content (AvgIpc) is 2.61. The smallest absolute Gasteiger partial charge is 0.350 e. The summed E-state index contributed by atoms with van der Waals surface area (Å²) >= 11 is 1.14. The van der Waals surface area contributed by atoms with Gasteiger partial charge in [0.2, 0.25) is 0 Å². The number of thioether (sulfide) groups is 1. The van der Waals surface area contributed by atoms with Crippen molar-refractivity contribution in [3.63, 3.8) is 0 Å². The molecule has 0 aliphatic carbocycles. The number of hydrogen-bond acceptors (Lipinski definition) is 7. The Labute approximate surface area is 107 Å². The zero-order valence-electron chi connectivity index (χ0n) is 9.72. The molecule has 4 atom stereocenters. The molecule has 1 aliphatic rings. The van der Waals surface area contributed by atoms with Crippen LogP contribution in [0, 0.1) is 6.92 Å². The Morgan fingerprint density at radius 3 is 2.72 bits per heavy atom. The topological polar surface area (TPSA) is 122 Å². The lowest BCUT2D eigenvalue weighted by Crippen LogP contribution is -2.36. The molecule has 1 aliphatic heterocycles. The minimum atomic E-state index is -1.13. The predicted molar refractivity (Wildman–Crippen MR) is 67.2 cm³/mol. The van der Waals surface area contributed by atoms with Gasteiger partial charge in [0.1, 0.15) is 17.3 Å². The largest absolute Gasteiger partial charge is 0.395 e. The van der Waals surface area contributed by atoms with Crippen LogP contribution in [0.2, 0.25) is 0 Å². The zero-order valence-corrected chi connectivity index (χ0v) is 10.5. The molecular formula is C10H15N3O4S. The molecule has 5 N–H and O–H groups in total. The van der Waals surface area contributed by atoms with Crippen LogP contribution in [0.25, 0.3) is 0 Å². The Kier molecular flexibility index (Phi) is 3.62. The quantitative estimate of drug-likeness (QED) is 0.515. The number of nitrogen functional groups attached to an aromatic ring is 1. The van der Waals surface area contributed by atoms with Gasteiger partial charge in [-0.2, -0.15) is 4.98 Å². The molecule has 1 aromatic rings. The molecule has 18 heavy (non-hydrogen) atoms. The van der Waals surface area contributed by atoms with Crippen molar-refractivity contribution in [3.05, 3.63) is 22.2 Å². The van der Waals surface area contributed by atoms with Crippen molar-refractivity contribution in [2.45, 2.75) is 29.8 Å². The van der Waals surface area contributed by atoms with Gasteiger partial charge in [-0.25, -0.2) is 4.79 Å². The molecule has 0 spiro atoms. The lowest BCUT2D eigenvalue weighted by atomic mass is 10.1. The summed E-state index contributed by atoms with van der Waals surface area (Å²) in [7, 11) is 0. The third kappa shape index (κ3) is 2.12. The molecule has 2 heterocycles. The first-order valence-electron chi connectivity index (χ1n) is 5.43. The van der Waals surface area contributed by atoms with E-state index in [4.69, 9.17) is 10.8 Å². The van der Waals surface area contributed by atoms with E-state index in [1.165, 1.54) is 10.8 Å². The number of hydrogen-bond donors (Lipinski definition) is 4. The molecule has 0 radical (unpaired) electrons. The molecule has 0 aromatic carbocycles. The normalized spacial score (nSPS) is 31.8. The van der Waals surface area contributed by atoms with Gasteiger partial charge in [-0.15, -0.1) is 11.8 Å². The summed E-state index contributed by atoms with van der Waals surface area (Å²) in [6.45, 7) is 1.43. The van der Waals surface area contributed by atoms with Crippen LogP contribution >= 0.6 is 11.8 Å². The maximum absolute atomic E-state index is 11.7. The zero-order chi connectivity index (χ0) is 13.4. The van der Waals surface area contributed by atoms with Crippen molar-refractivity contribution < 1.29 is 15.3 Å². The first kappa shape index (κ1) is 13.3. The number of rotatable bonds is 2. The summed E-state index contributed by atoms with van der Waals surface area (Å²) in [5.41, 5.74) is 5.55. The standard InChI is InChI=1S/C10H15N3O4S/c1-4-2-13(10(17)12-8(4)11)9-7(16)6(15)5(3-14)18-9/h2,5-7,9,14-16H,3H2,1H3,(H2,11,12,17)/t5-,6-,7+,9-/m1/s1. The highest BCUT2D eigenvalue weighted by atomic mass is 32.2. The Morgan fingerprint density at radius 2 is 2.17 bits per heavy atom. The van der Waals surface area contributed by atoms with Crippen LogP contribution in [-0.2, 0) is 0 Å². The summed E-state index contributed by atoms with van der Waals surface area (Å²) in [4.78, 5) is 15.4. The van der Waals surface area contributed by atoms with E-state index in [1.807, 2.05) is 0 Å². The third-order valence-electron chi connectivity index (χ3n) is 2.97. The first-order valence-corrected chi connectivity index (χ1v) is 6.37. The van der Waals surface area contributed by atoms with Crippen molar-refractivity contribution in [2.75, 3.05) is 12.3 Å². The summed E-state index contributed by atoms with van der Waals surface area (Å²) in [6, 6.07) is 0. The highest BCUT2D eigenvalue weighted by Gasteiger charge is 2.43. The second-order valence-electron chi connectivity index (χ2n) is 4.23. The number of nitrogens with two attached hydrogens (primary N) is 1. The van der Waals surface area contributed by atoms with E-state index in [0.29, 0.717) is 5.56 Å². The lowest BCUT2D eigenvalue weighted by molar-refractivity contribution is 0.0101. The Morgan fingerprint density at radius 1 is 1.50 bits per heavy atom. The van der Waals surface area contributed by atoms with E-state index >= 15 is 0 Å². The van der Waals surface area contributed by atoms with Gasteiger partial charge >= 0.3 is 5.69 Å². The minimum absolute atomic E-state index is 0.146. The van der Waals surface area contributed by atoms with Crippen LogP contribution in [0.5, 0.6) is 0 Å². The number of nitrogens with zero attached hydrogens (tertiary/aromatic N) is 2. The van der Waals surface area contributed by atoms with E-state index < -0.39 is 28.5 Å². The molecule has 100 valence electrons. The maximum Gasteiger partial charge on any atom is 0.350 e. The maximum atomic E-state index is 11.7. The van der Waals surface area contributed by atoms with E-state index in [0.717, 1.165) is 11.8 Å². The Balaban J connectivity index is 2.39. The first-order chi connectivity index (χ1) is 8.45. The number of anilines is 1. The molecule has 1 fully saturated rings. The van der Waals surface area contributed by atoms with Gasteiger partial charge in [-0.3, -0.25) is 4.57 Å². The van der Waals surface area contributed by atoms with Crippen LogP contribution in [-0.4, -0.2) is 48.9 Å². The summed E-state index contributed by atoms with van der Waals surface area (Å²) in [6.07, 6.45) is -0.706. The Bertz CT molecular complexity index is 506. The number of aromatic nitrogens is 2. The molecule has 7 nitrogen and oxygen atoms in total.